The SMILES string of the molecule is CC1(CN2Cc3ccccc3C2)CCNCC1. The highest BCUT2D eigenvalue weighted by Crippen LogP contribution is 2.32. The summed E-state index contributed by atoms with van der Waals surface area (Å²) in [6.07, 6.45) is 2.64. The monoisotopic (exact) mass is 230 g/mol. The van der Waals surface area contributed by atoms with Gasteiger partial charge in [-0.2, -0.15) is 0 Å². The highest BCUT2D eigenvalue weighted by Gasteiger charge is 2.31. The van der Waals surface area contributed by atoms with Gasteiger partial charge in [0.05, 0.1) is 0 Å². The Bertz CT molecular complexity index is 369. The van der Waals surface area contributed by atoms with E-state index < -0.39 is 0 Å². The van der Waals surface area contributed by atoms with Gasteiger partial charge in [-0.15, -0.1) is 0 Å². The van der Waals surface area contributed by atoms with Crippen molar-refractivity contribution in [2.24, 2.45) is 5.41 Å². The Hall–Kier alpha value is -0.860. The summed E-state index contributed by atoms with van der Waals surface area (Å²) in [4.78, 5) is 2.62. The third-order valence-electron chi connectivity index (χ3n) is 4.32. The molecule has 0 aliphatic carbocycles. The number of fused-ring (bicyclic) bond motifs is 1. The van der Waals surface area contributed by atoms with Gasteiger partial charge in [0.25, 0.3) is 0 Å². The lowest BCUT2D eigenvalue weighted by atomic mass is 9.80. The Morgan fingerprint density at radius 1 is 1.12 bits per heavy atom. The van der Waals surface area contributed by atoms with Gasteiger partial charge in [-0.25, -0.2) is 0 Å². The van der Waals surface area contributed by atoms with E-state index in [2.05, 4.69) is 41.4 Å². The smallest absolute Gasteiger partial charge is 0.0240 e. The molecule has 1 aromatic rings. The summed E-state index contributed by atoms with van der Waals surface area (Å²) in [6.45, 7) is 8.40. The van der Waals surface area contributed by atoms with Crippen molar-refractivity contribution in [3.63, 3.8) is 0 Å². The number of rotatable bonds is 2. The fourth-order valence-corrected chi connectivity index (χ4v) is 3.24. The summed E-state index contributed by atoms with van der Waals surface area (Å²) in [5, 5.41) is 3.46. The lowest BCUT2D eigenvalue weighted by Crippen LogP contribution is -2.41. The molecule has 1 aromatic carbocycles. The molecule has 0 radical (unpaired) electrons. The maximum absolute atomic E-state index is 3.46. The third-order valence-corrected chi connectivity index (χ3v) is 4.32. The first kappa shape index (κ1) is 11.2. The van der Waals surface area contributed by atoms with Gasteiger partial charge in [0.1, 0.15) is 0 Å². The van der Waals surface area contributed by atoms with Crippen molar-refractivity contribution in [2.45, 2.75) is 32.9 Å². The molecule has 2 nitrogen and oxygen atoms in total. The zero-order chi connectivity index (χ0) is 11.7. The van der Waals surface area contributed by atoms with E-state index in [-0.39, 0.29) is 0 Å². The van der Waals surface area contributed by atoms with Crippen molar-refractivity contribution >= 4 is 0 Å². The molecule has 0 aromatic heterocycles. The number of nitrogens with zero attached hydrogens (tertiary/aromatic N) is 1. The molecule has 2 aliphatic rings. The van der Waals surface area contributed by atoms with E-state index in [1.54, 1.807) is 0 Å². The number of nitrogens with one attached hydrogen (secondary N) is 1. The van der Waals surface area contributed by atoms with E-state index in [4.69, 9.17) is 0 Å². The minimum absolute atomic E-state index is 0.521. The average molecular weight is 230 g/mol. The van der Waals surface area contributed by atoms with Crippen LogP contribution in [0.5, 0.6) is 0 Å². The summed E-state index contributed by atoms with van der Waals surface area (Å²) in [6, 6.07) is 8.88. The second kappa shape index (κ2) is 4.43. The van der Waals surface area contributed by atoms with E-state index in [1.165, 1.54) is 43.6 Å². The van der Waals surface area contributed by atoms with Crippen LogP contribution in [0.15, 0.2) is 24.3 Å². The fourth-order valence-electron chi connectivity index (χ4n) is 3.24. The van der Waals surface area contributed by atoms with Crippen LogP contribution in [0.25, 0.3) is 0 Å². The van der Waals surface area contributed by atoms with E-state index in [1.807, 2.05) is 0 Å². The molecule has 0 amide bonds. The second-order valence-electron chi connectivity index (χ2n) is 5.97. The van der Waals surface area contributed by atoms with Gasteiger partial charge in [-0.1, -0.05) is 31.2 Å². The van der Waals surface area contributed by atoms with Crippen LogP contribution in [0.1, 0.15) is 30.9 Å². The molecule has 1 N–H and O–H groups in total. The molecule has 0 bridgehead atoms. The molecule has 0 spiro atoms. The molecule has 0 saturated carbocycles. The summed E-state index contributed by atoms with van der Waals surface area (Å²) < 4.78 is 0. The molecule has 92 valence electrons. The fraction of sp³-hybridized carbons (Fsp3) is 0.600. The first-order valence-corrected chi connectivity index (χ1v) is 6.75. The average Bonchev–Trinajstić information content (AvgIpc) is 2.71. The normalized spacial score (nSPS) is 23.6. The van der Waals surface area contributed by atoms with Crippen molar-refractivity contribution in [3.05, 3.63) is 35.4 Å². The summed E-state index contributed by atoms with van der Waals surface area (Å²) >= 11 is 0. The number of hydrogen-bond acceptors (Lipinski definition) is 2. The van der Waals surface area contributed by atoms with Gasteiger partial charge < -0.3 is 5.32 Å². The van der Waals surface area contributed by atoms with Crippen molar-refractivity contribution in [2.75, 3.05) is 19.6 Å². The van der Waals surface area contributed by atoms with Crippen LogP contribution in [0.3, 0.4) is 0 Å². The topological polar surface area (TPSA) is 15.3 Å². The molecule has 2 heterocycles. The predicted octanol–water partition coefficient (Wildman–Crippen LogP) is 2.39. The maximum atomic E-state index is 3.46. The first-order chi connectivity index (χ1) is 8.25. The number of hydrogen-bond donors (Lipinski definition) is 1. The lowest BCUT2D eigenvalue weighted by molar-refractivity contribution is 0.127. The van der Waals surface area contributed by atoms with Crippen LogP contribution < -0.4 is 5.32 Å². The Morgan fingerprint density at radius 2 is 1.71 bits per heavy atom. The second-order valence-corrected chi connectivity index (χ2v) is 5.97. The van der Waals surface area contributed by atoms with E-state index >= 15 is 0 Å². The summed E-state index contributed by atoms with van der Waals surface area (Å²) in [5.74, 6) is 0. The van der Waals surface area contributed by atoms with Crippen LogP contribution in [0.2, 0.25) is 0 Å². The van der Waals surface area contributed by atoms with Gasteiger partial charge in [-0.05, 0) is 42.5 Å². The van der Waals surface area contributed by atoms with Crippen molar-refractivity contribution in [3.8, 4) is 0 Å². The zero-order valence-corrected chi connectivity index (χ0v) is 10.7. The highest BCUT2D eigenvalue weighted by atomic mass is 15.1. The Balaban J connectivity index is 1.65. The van der Waals surface area contributed by atoms with Crippen LogP contribution in [-0.2, 0) is 13.1 Å². The van der Waals surface area contributed by atoms with Crippen LogP contribution in [0, 0.1) is 5.41 Å². The van der Waals surface area contributed by atoms with Gasteiger partial charge >= 0.3 is 0 Å². The Labute approximate surface area is 104 Å². The molecular weight excluding hydrogens is 208 g/mol. The van der Waals surface area contributed by atoms with Gasteiger partial charge in [0, 0.05) is 19.6 Å². The zero-order valence-electron chi connectivity index (χ0n) is 10.7. The van der Waals surface area contributed by atoms with E-state index in [0.29, 0.717) is 5.41 Å². The minimum atomic E-state index is 0.521. The van der Waals surface area contributed by atoms with Gasteiger partial charge in [-0.3, -0.25) is 4.90 Å². The number of benzene rings is 1. The van der Waals surface area contributed by atoms with Crippen LogP contribution >= 0.6 is 0 Å². The molecule has 2 aliphatic heterocycles. The van der Waals surface area contributed by atoms with Crippen molar-refractivity contribution in [1.82, 2.24) is 10.2 Å². The summed E-state index contributed by atoms with van der Waals surface area (Å²) in [7, 11) is 0. The number of piperidine rings is 1. The minimum Gasteiger partial charge on any atom is -0.317 e. The quantitative estimate of drug-likeness (QED) is 0.839. The molecule has 17 heavy (non-hydrogen) atoms. The molecule has 1 fully saturated rings. The van der Waals surface area contributed by atoms with Crippen molar-refractivity contribution < 1.29 is 0 Å². The largest absolute Gasteiger partial charge is 0.317 e. The molecule has 1 saturated heterocycles. The Kier molecular flexibility index (Phi) is 2.93. The van der Waals surface area contributed by atoms with Crippen molar-refractivity contribution in [1.29, 1.82) is 0 Å². The third kappa shape index (κ3) is 2.38. The van der Waals surface area contributed by atoms with E-state index in [9.17, 15) is 0 Å². The lowest BCUT2D eigenvalue weighted by Gasteiger charge is -2.37. The molecule has 3 rings (SSSR count). The maximum Gasteiger partial charge on any atom is 0.0240 e. The molecule has 0 atom stereocenters. The predicted molar refractivity (Wildman–Crippen MR) is 70.8 cm³/mol. The molecule has 2 heteroatoms. The van der Waals surface area contributed by atoms with Crippen LogP contribution in [-0.4, -0.2) is 24.5 Å². The molecular formula is C15H22N2. The highest BCUT2D eigenvalue weighted by molar-refractivity contribution is 5.30. The van der Waals surface area contributed by atoms with Gasteiger partial charge in [0.15, 0.2) is 0 Å². The standard InChI is InChI=1S/C15H22N2/c1-15(6-8-16-9-7-15)12-17-10-13-4-2-3-5-14(13)11-17/h2-5,16H,6-12H2,1H3. The van der Waals surface area contributed by atoms with E-state index in [0.717, 1.165) is 13.1 Å². The molecule has 0 unspecified atom stereocenters. The summed E-state index contributed by atoms with van der Waals surface area (Å²) in [5.41, 5.74) is 3.59. The van der Waals surface area contributed by atoms with Gasteiger partial charge in [0.2, 0.25) is 0 Å². The first-order valence-electron chi connectivity index (χ1n) is 6.75. The Morgan fingerprint density at radius 3 is 2.29 bits per heavy atom. The van der Waals surface area contributed by atoms with Crippen LogP contribution in [0.4, 0.5) is 0 Å².